The number of para-hydroxylation sites is 1. The zero-order chi connectivity index (χ0) is 15.7. The van der Waals surface area contributed by atoms with E-state index >= 15 is 0 Å². The van der Waals surface area contributed by atoms with Gasteiger partial charge < -0.3 is 10.2 Å². The molecule has 2 aromatic rings. The molecule has 6 heteroatoms. The summed E-state index contributed by atoms with van der Waals surface area (Å²) >= 11 is 1.37. The number of nitrogens with zero attached hydrogens (tertiary/aromatic N) is 2. The van der Waals surface area contributed by atoms with Gasteiger partial charge in [-0.15, -0.1) is 11.3 Å². The second kappa shape index (κ2) is 5.53. The van der Waals surface area contributed by atoms with Crippen LogP contribution >= 0.6 is 11.3 Å². The van der Waals surface area contributed by atoms with Gasteiger partial charge in [0.2, 0.25) is 11.8 Å². The maximum atomic E-state index is 12.6. The maximum Gasteiger partial charge on any atom is 0.237 e. The minimum atomic E-state index is -0.539. The molecule has 0 spiro atoms. The Labute approximate surface area is 133 Å². The number of carbonyl (C=O) groups is 2. The van der Waals surface area contributed by atoms with Crippen molar-refractivity contribution in [2.24, 2.45) is 0 Å². The molecular weight excluding hydrogens is 298 g/mol. The van der Waals surface area contributed by atoms with Crippen molar-refractivity contribution in [3.05, 3.63) is 41.4 Å². The van der Waals surface area contributed by atoms with Crippen LogP contribution < -0.4 is 10.2 Å². The highest BCUT2D eigenvalue weighted by molar-refractivity contribution is 7.13. The molecule has 1 aromatic heterocycles. The number of thiazole rings is 1. The Morgan fingerprint density at radius 3 is 2.86 bits per heavy atom. The third-order valence-electron chi connectivity index (χ3n) is 3.89. The lowest BCUT2D eigenvalue weighted by Crippen LogP contribution is -2.37. The van der Waals surface area contributed by atoms with Crippen LogP contribution in [0.2, 0.25) is 0 Å². The molecule has 1 aliphatic rings. The molecule has 0 atom stereocenters. The fraction of sp³-hybridized carbons (Fsp3) is 0.312. The zero-order valence-electron chi connectivity index (χ0n) is 12.5. The molecule has 0 saturated heterocycles. The highest BCUT2D eigenvalue weighted by Crippen LogP contribution is 2.41. The van der Waals surface area contributed by atoms with Crippen LogP contribution in [-0.2, 0) is 15.0 Å². The largest absolute Gasteiger partial charge is 0.311 e. The van der Waals surface area contributed by atoms with E-state index in [1.807, 2.05) is 38.1 Å². The lowest BCUT2D eigenvalue weighted by atomic mass is 9.86. The van der Waals surface area contributed by atoms with E-state index in [4.69, 9.17) is 0 Å². The Morgan fingerprint density at radius 1 is 1.36 bits per heavy atom. The number of hydrogen-bond donors (Lipinski definition) is 1. The van der Waals surface area contributed by atoms with E-state index in [2.05, 4.69) is 10.3 Å². The van der Waals surface area contributed by atoms with E-state index in [0.29, 0.717) is 11.7 Å². The minimum absolute atomic E-state index is 0.0377. The summed E-state index contributed by atoms with van der Waals surface area (Å²) in [6.45, 7) is 4.21. The first-order valence-electron chi connectivity index (χ1n) is 7.11. The number of benzene rings is 1. The van der Waals surface area contributed by atoms with Crippen molar-refractivity contribution in [1.29, 1.82) is 0 Å². The molecule has 2 amide bonds. The Hall–Kier alpha value is -2.21. The van der Waals surface area contributed by atoms with Crippen LogP contribution in [-0.4, -0.2) is 23.3 Å². The van der Waals surface area contributed by atoms with Gasteiger partial charge in [-0.2, -0.15) is 0 Å². The van der Waals surface area contributed by atoms with Crippen molar-refractivity contribution >= 4 is 34.0 Å². The first kappa shape index (κ1) is 14.7. The summed E-state index contributed by atoms with van der Waals surface area (Å²) in [7, 11) is 0. The molecule has 2 heterocycles. The fourth-order valence-electron chi connectivity index (χ4n) is 2.70. The number of anilines is 2. The summed E-state index contributed by atoms with van der Waals surface area (Å²) in [5, 5.41) is 5.12. The Morgan fingerprint density at radius 2 is 2.14 bits per heavy atom. The van der Waals surface area contributed by atoms with E-state index in [1.165, 1.54) is 11.3 Å². The van der Waals surface area contributed by atoms with Gasteiger partial charge >= 0.3 is 0 Å². The summed E-state index contributed by atoms with van der Waals surface area (Å²) in [6.07, 6.45) is 1.89. The van der Waals surface area contributed by atoms with Gasteiger partial charge in [0.05, 0.1) is 5.41 Å². The van der Waals surface area contributed by atoms with Crippen molar-refractivity contribution in [3.63, 3.8) is 0 Å². The molecule has 0 saturated carbocycles. The Kier molecular flexibility index (Phi) is 3.70. The van der Waals surface area contributed by atoms with E-state index < -0.39 is 5.41 Å². The van der Waals surface area contributed by atoms with Gasteiger partial charge in [0.1, 0.15) is 0 Å². The van der Waals surface area contributed by atoms with Gasteiger partial charge in [-0.25, -0.2) is 4.98 Å². The van der Waals surface area contributed by atoms with Gasteiger partial charge in [0, 0.05) is 30.2 Å². The molecule has 0 fully saturated rings. The van der Waals surface area contributed by atoms with Gasteiger partial charge in [-0.05, 0) is 25.5 Å². The standard InChI is InChI=1S/C16H17N3O2S/c1-16(2)11-5-3-4-6-12(11)19(14(16)21)9-7-13(20)18-15-17-8-10-22-15/h3-6,8,10H,7,9H2,1-2H3,(H,17,18,20). The SMILES string of the molecule is CC1(C)C(=O)N(CCC(=O)Nc2nccs2)c2ccccc21. The van der Waals surface area contributed by atoms with Crippen molar-refractivity contribution in [2.75, 3.05) is 16.8 Å². The van der Waals surface area contributed by atoms with E-state index in [0.717, 1.165) is 11.3 Å². The smallest absolute Gasteiger partial charge is 0.237 e. The molecule has 114 valence electrons. The molecule has 0 unspecified atom stereocenters. The highest BCUT2D eigenvalue weighted by atomic mass is 32.1. The Bertz CT molecular complexity index is 710. The third kappa shape index (κ3) is 2.50. The van der Waals surface area contributed by atoms with Crippen LogP contribution in [0.15, 0.2) is 35.8 Å². The predicted molar refractivity (Wildman–Crippen MR) is 87.2 cm³/mol. The molecule has 0 bridgehead atoms. The number of amides is 2. The highest BCUT2D eigenvalue weighted by Gasteiger charge is 2.43. The van der Waals surface area contributed by atoms with Crippen molar-refractivity contribution in [3.8, 4) is 0 Å². The van der Waals surface area contributed by atoms with E-state index in [9.17, 15) is 9.59 Å². The lowest BCUT2D eigenvalue weighted by Gasteiger charge is -2.20. The Balaban J connectivity index is 1.70. The van der Waals surface area contributed by atoms with Gasteiger partial charge in [0.15, 0.2) is 5.13 Å². The maximum absolute atomic E-state index is 12.6. The molecule has 22 heavy (non-hydrogen) atoms. The number of nitrogens with one attached hydrogen (secondary N) is 1. The molecular formula is C16H17N3O2S. The van der Waals surface area contributed by atoms with Gasteiger partial charge in [-0.3, -0.25) is 9.59 Å². The number of aromatic nitrogens is 1. The summed E-state index contributed by atoms with van der Waals surface area (Å²) in [6, 6.07) is 7.76. The second-order valence-electron chi connectivity index (χ2n) is 5.73. The zero-order valence-corrected chi connectivity index (χ0v) is 13.3. The molecule has 1 N–H and O–H groups in total. The first-order chi connectivity index (χ1) is 10.5. The first-order valence-corrected chi connectivity index (χ1v) is 7.99. The predicted octanol–water partition coefficient (Wildman–Crippen LogP) is 2.80. The number of rotatable bonds is 4. The molecule has 0 aliphatic carbocycles. The van der Waals surface area contributed by atoms with Crippen LogP contribution in [0.4, 0.5) is 10.8 Å². The summed E-state index contributed by atoms with van der Waals surface area (Å²) < 4.78 is 0. The van der Waals surface area contributed by atoms with Crippen LogP contribution in [0.5, 0.6) is 0 Å². The van der Waals surface area contributed by atoms with Crippen LogP contribution in [0.1, 0.15) is 25.8 Å². The quantitative estimate of drug-likeness (QED) is 0.943. The average Bonchev–Trinajstić information content (AvgIpc) is 3.06. The van der Waals surface area contributed by atoms with E-state index in [1.54, 1.807) is 16.5 Å². The summed E-state index contributed by atoms with van der Waals surface area (Å²) in [5.74, 6) is -0.0966. The molecule has 5 nitrogen and oxygen atoms in total. The minimum Gasteiger partial charge on any atom is -0.311 e. The van der Waals surface area contributed by atoms with Crippen LogP contribution in [0.25, 0.3) is 0 Å². The molecule has 1 aliphatic heterocycles. The number of fused-ring (bicyclic) bond motifs is 1. The summed E-state index contributed by atoms with van der Waals surface area (Å²) in [5.41, 5.74) is 1.38. The van der Waals surface area contributed by atoms with Crippen molar-refractivity contribution in [2.45, 2.75) is 25.7 Å². The third-order valence-corrected chi connectivity index (χ3v) is 4.58. The van der Waals surface area contributed by atoms with Crippen LogP contribution in [0, 0.1) is 0 Å². The van der Waals surface area contributed by atoms with Crippen molar-refractivity contribution in [1.82, 2.24) is 4.98 Å². The summed E-state index contributed by atoms with van der Waals surface area (Å²) in [4.78, 5) is 30.3. The number of carbonyl (C=O) groups excluding carboxylic acids is 2. The monoisotopic (exact) mass is 315 g/mol. The van der Waals surface area contributed by atoms with Crippen molar-refractivity contribution < 1.29 is 9.59 Å². The number of hydrogen-bond acceptors (Lipinski definition) is 4. The van der Waals surface area contributed by atoms with Gasteiger partial charge in [-0.1, -0.05) is 18.2 Å². The fourth-order valence-corrected chi connectivity index (χ4v) is 3.25. The second-order valence-corrected chi connectivity index (χ2v) is 6.63. The molecule has 1 aromatic carbocycles. The molecule has 0 radical (unpaired) electrons. The topological polar surface area (TPSA) is 62.3 Å². The molecule has 3 rings (SSSR count). The average molecular weight is 315 g/mol. The van der Waals surface area contributed by atoms with Crippen LogP contribution in [0.3, 0.4) is 0 Å². The van der Waals surface area contributed by atoms with Gasteiger partial charge in [0.25, 0.3) is 0 Å². The lowest BCUT2D eigenvalue weighted by molar-refractivity contribution is -0.122. The normalized spacial score (nSPS) is 15.7. The van der Waals surface area contributed by atoms with E-state index in [-0.39, 0.29) is 18.2 Å².